The molecule has 0 bridgehead atoms. The molecule has 1 aliphatic carbocycles. The van der Waals surface area contributed by atoms with Crippen LogP contribution in [0.15, 0.2) is 57.2 Å². The quantitative estimate of drug-likeness (QED) is 0.677. The third-order valence-corrected chi connectivity index (χ3v) is 4.94. The Hall–Kier alpha value is -2.76. The van der Waals surface area contributed by atoms with E-state index < -0.39 is 11.9 Å². The first-order valence-electron chi connectivity index (χ1n) is 9.91. The van der Waals surface area contributed by atoms with Crippen LogP contribution >= 0.6 is 0 Å². The number of nitrogens with zero attached hydrogens (tertiary/aromatic N) is 3. The van der Waals surface area contributed by atoms with Crippen LogP contribution in [-0.4, -0.2) is 41.0 Å². The van der Waals surface area contributed by atoms with Crippen molar-refractivity contribution in [2.45, 2.75) is 58.9 Å². The highest BCUT2D eigenvalue weighted by molar-refractivity contribution is 6.69. The average Bonchev–Trinajstić information content (AvgIpc) is 2.61. The van der Waals surface area contributed by atoms with Gasteiger partial charge in [-0.25, -0.2) is 4.79 Å². The predicted octanol–water partition coefficient (Wildman–Crippen LogP) is 4.08. The van der Waals surface area contributed by atoms with E-state index in [0.29, 0.717) is 12.4 Å². The van der Waals surface area contributed by atoms with Crippen LogP contribution in [0.2, 0.25) is 0 Å². The minimum absolute atomic E-state index is 0.0968. The summed E-state index contributed by atoms with van der Waals surface area (Å²) in [6.07, 6.45) is 10.9. The van der Waals surface area contributed by atoms with Crippen LogP contribution in [0.25, 0.3) is 0 Å². The van der Waals surface area contributed by atoms with Crippen LogP contribution in [0, 0.1) is 0 Å². The zero-order valence-electron chi connectivity index (χ0n) is 16.9. The number of rotatable bonds is 7. The monoisotopic (exact) mass is 380 g/mol. The molecule has 6 nitrogen and oxygen atoms in total. The van der Waals surface area contributed by atoms with Gasteiger partial charge in [0, 0.05) is 12.2 Å². The molecule has 1 unspecified atom stereocenters. The van der Waals surface area contributed by atoms with E-state index in [1.807, 2.05) is 4.90 Å². The van der Waals surface area contributed by atoms with E-state index in [4.69, 9.17) is 0 Å². The molecule has 2 aliphatic heterocycles. The van der Waals surface area contributed by atoms with Crippen molar-refractivity contribution < 1.29 is 9.59 Å². The Labute approximate surface area is 166 Å². The fraction of sp³-hybridized carbons (Fsp3) is 0.455. The van der Waals surface area contributed by atoms with Crippen molar-refractivity contribution in [3.8, 4) is 0 Å². The van der Waals surface area contributed by atoms with Gasteiger partial charge in [-0.15, -0.1) is 0 Å². The average molecular weight is 380 g/mol. The second-order valence-corrected chi connectivity index (χ2v) is 7.69. The van der Waals surface area contributed by atoms with Gasteiger partial charge in [0.1, 0.15) is 0 Å². The molecule has 0 saturated heterocycles. The van der Waals surface area contributed by atoms with Gasteiger partial charge in [0.05, 0.1) is 6.04 Å². The second-order valence-electron chi connectivity index (χ2n) is 7.69. The zero-order valence-corrected chi connectivity index (χ0v) is 16.9. The van der Waals surface area contributed by atoms with Crippen LogP contribution < -0.4 is 5.32 Å². The number of carbonyl (C=O) groups is 2. The van der Waals surface area contributed by atoms with Gasteiger partial charge in [-0.05, 0) is 45.6 Å². The highest BCUT2D eigenvalue weighted by Crippen LogP contribution is 2.31. The van der Waals surface area contributed by atoms with Gasteiger partial charge in [-0.1, -0.05) is 48.8 Å². The van der Waals surface area contributed by atoms with Crippen molar-refractivity contribution in [3.63, 3.8) is 0 Å². The molecule has 28 heavy (non-hydrogen) atoms. The fourth-order valence-electron chi connectivity index (χ4n) is 3.82. The molecule has 0 fully saturated rings. The van der Waals surface area contributed by atoms with E-state index in [-0.39, 0.29) is 11.8 Å². The van der Waals surface area contributed by atoms with E-state index in [2.05, 4.69) is 60.9 Å². The van der Waals surface area contributed by atoms with Crippen molar-refractivity contribution in [2.75, 3.05) is 6.54 Å². The molecule has 3 aliphatic rings. The van der Waals surface area contributed by atoms with Gasteiger partial charge in [0.2, 0.25) is 0 Å². The number of amidine groups is 1. The van der Waals surface area contributed by atoms with Crippen LogP contribution in [0.5, 0.6) is 0 Å². The first-order valence-corrected chi connectivity index (χ1v) is 9.91. The number of amides is 3. The summed E-state index contributed by atoms with van der Waals surface area (Å²) in [6.45, 7) is 11.0. The molecule has 3 amide bonds. The van der Waals surface area contributed by atoms with Crippen LogP contribution in [0.3, 0.4) is 0 Å². The van der Waals surface area contributed by atoms with Crippen molar-refractivity contribution in [1.29, 1.82) is 0 Å². The maximum Gasteiger partial charge on any atom is 0.349 e. The number of carbonyl (C=O) groups excluding carboxylic acids is 2. The van der Waals surface area contributed by atoms with E-state index in [0.717, 1.165) is 43.4 Å². The fourth-order valence-corrected chi connectivity index (χ4v) is 3.82. The number of imide groups is 1. The third kappa shape index (κ3) is 4.38. The Balaban J connectivity index is 1.87. The molecule has 0 aromatic heterocycles. The van der Waals surface area contributed by atoms with Gasteiger partial charge in [0.25, 0.3) is 5.91 Å². The summed E-state index contributed by atoms with van der Waals surface area (Å²) in [7, 11) is 0. The summed E-state index contributed by atoms with van der Waals surface area (Å²) in [6, 6.07) is -0.726. The Morgan fingerprint density at radius 3 is 2.86 bits per heavy atom. The highest BCUT2D eigenvalue weighted by Gasteiger charge is 2.39. The molecule has 6 heteroatoms. The summed E-state index contributed by atoms with van der Waals surface area (Å²) >= 11 is 0. The van der Waals surface area contributed by atoms with Gasteiger partial charge < -0.3 is 4.90 Å². The summed E-state index contributed by atoms with van der Waals surface area (Å²) in [4.78, 5) is 34.9. The standard InChI is InChI=1S/C22H28N4O2/c1-5-7-16-9-10-18-17(13-16)23-19-20(24-22(28)25-21(19)27)26(18)11-6-8-15(4)12-14(2)3/h9-10,12,17H,4-8,11,13H2,1-3H3,(H,25,27,28). The first-order chi connectivity index (χ1) is 13.4. The maximum atomic E-state index is 12.3. The molecule has 0 spiro atoms. The van der Waals surface area contributed by atoms with E-state index in [9.17, 15) is 9.59 Å². The summed E-state index contributed by atoms with van der Waals surface area (Å²) in [5.74, 6) is -0.0870. The van der Waals surface area contributed by atoms with Crippen LogP contribution in [0.4, 0.5) is 4.79 Å². The first kappa shape index (κ1) is 20.0. The second kappa shape index (κ2) is 8.50. The SMILES string of the molecule is C=C(C=C(C)C)CCCN1C2=CC=C(CCC)CC2N=C2C(=O)NC(=O)N=C21. The zero-order chi connectivity index (χ0) is 20.3. The van der Waals surface area contributed by atoms with E-state index >= 15 is 0 Å². The van der Waals surface area contributed by atoms with E-state index in [1.165, 1.54) is 11.1 Å². The number of urea groups is 1. The molecule has 148 valence electrons. The largest absolute Gasteiger partial charge is 0.349 e. The Morgan fingerprint density at radius 1 is 1.36 bits per heavy atom. The van der Waals surface area contributed by atoms with Crippen molar-refractivity contribution >= 4 is 23.5 Å². The Bertz CT molecular complexity index is 854. The summed E-state index contributed by atoms with van der Waals surface area (Å²) < 4.78 is 0. The molecule has 1 N–H and O–H groups in total. The molecule has 1 atom stereocenters. The number of fused-ring (bicyclic) bond motifs is 2. The molecule has 0 radical (unpaired) electrons. The lowest BCUT2D eigenvalue weighted by molar-refractivity contribution is -0.113. The molecular formula is C22H28N4O2. The maximum absolute atomic E-state index is 12.3. The van der Waals surface area contributed by atoms with Crippen molar-refractivity contribution in [1.82, 2.24) is 10.2 Å². The minimum Gasteiger partial charge on any atom is -0.326 e. The van der Waals surface area contributed by atoms with E-state index in [1.54, 1.807) is 0 Å². The minimum atomic E-state index is -0.630. The molecule has 0 saturated carbocycles. The van der Waals surface area contributed by atoms with Crippen molar-refractivity contribution in [2.24, 2.45) is 9.98 Å². The van der Waals surface area contributed by atoms with Gasteiger partial charge in [-0.3, -0.25) is 15.1 Å². The van der Waals surface area contributed by atoms with Crippen molar-refractivity contribution in [3.05, 3.63) is 47.2 Å². The molecule has 0 aromatic rings. The van der Waals surface area contributed by atoms with Gasteiger partial charge in [-0.2, -0.15) is 4.99 Å². The third-order valence-electron chi connectivity index (χ3n) is 4.94. The topological polar surface area (TPSA) is 74.1 Å². The smallest absolute Gasteiger partial charge is 0.326 e. The summed E-state index contributed by atoms with van der Waals surface area (Å²) in [5, 5.41) is 2.25. The van der Waals surface area contributed by atoms with Crippen LogP contribution in [-0.2, 0) is 4.79 Å². The number of hydrogen-bond donors (Lipinski definition) is 1. The summed E-state index contributed by atoms with van der Waals surface area (Å²) in [5.41, 5.74) is 4.91. The van der Waals surface area contributed by atoms with Gasteiger partial charge in [0.15, 0.2) is 11.5 Å². The number of hydrogen-bond acceptors (Lipinski definition) is 4. The molecule has 3 rings (SSSR count). The lowest BCUT2D eigenvalue weighted by Crippen LogP contribution is -2.54. The lowest BCUT2D eigenvalue weighted by Gasteiger charge is -2.38. The molecular weight excluding hydrogens is 352 g/mol. The number of allylic oxidation sites excluding steroid dienone is 5. The molecule has 0 aromatic carbocycles. The number of aliphatic imine (C=N–C) groups is 2. The lowest BCUT2D eigenvalue weighted by atomic mass is 9.92. The predicted molar refractivity (Wildman–Crippen MR) is 112 cm³/mol. The Morgan fingerprint density at radius 2 is 2.14 bits per heavy atom. The Kier molecular flexibility index (Phi) is 6.07. The van der Waals surface area contributed by atoms with Crippen LogP contribution in [0.1, 0.15) is 52.9 Å². The number of nitrogens with one attached hydrogen (secondary N) is 1. The molecule has 2 heterocycles. The highest BCUT2D eigenvalue weighted by atomic mass is 16.2. The van der Waals surface area contributed by atoms with Gasteiger partial charge >= 0.3 is 6.03 Å². The normalized spacial score (nSPS) is 20.8.